The Labute approximate surface area is 182 Å². The zero-order chi connectivity index (χ0) is 22.8. The van der Waals surface area contributed by atoms with Crippen molar-refractivity contribution in [3.63, 3.8) is 0 Å². The van der Waals surface area contributed by atoms with Crippen LogP contribution in [0.15, 0.2) is 28.0 Å². The molecule has 4 heterocycles. The van der Waals surface area contributed by atoms with Gasteiger partial charge in [0.05, 0.1) is 5.69 Å². The van der Waals surface area contributed by atoms with Gasteiger partial charge in [-0.2, -0.15) is 5.10 Å². The van der Waals surface area contributed by atoms with Crippen molar-refractivity contribution in [2.24, 2.45) is 0 Å². The largest absolute Gasteiger partial charge is 0.454 e. The molecule has 0 atom stereocenters. The second-order valence-electron chi connectivity index (χ2n) is 7.54. The molecule has 0 aliphatic carbocycles. The number of fused-ring (bicyclic) bond motifs is 2. The minimum atomic E-state index is -0.580. The van der Waals surface area contributed by atoms with Crippen LogP contribution in [0.2, 0.25) is 0 Å². The van der Waals surface area contributed by atoms with Crippen LogP contribution < -0.4 is 11.2 Å². The molecule has 0 fully saturated rings. The van der Waals surface area contributed by atoms with Gasteiger partial charge in [0.1, 0.15) is 18.0 Å². The second-order valence-corrected chi connectivity index (χ2v) is 7.54. The van der Waals surface area contributed by atoms with Gasteiger partial charge in [0.15, 0.2) is 16.8 Å². The maximum atomic E-state index is 12.9. The third kappa shape index (κ3) is 3.70. The fourth-order valence-electron chi connectivity index (χ4n) is 3.75. The van der Waals surface area contributed by atoms with Gasteiger partial charge in [-0.25, -0.2) is 24.1 Å². The molecule has 0 radical (unpaired) electrons. The molecule has 168 valence electrons. The van der Waals surface area contributed by atoms with E-state index in [-0.39, 0.29) is 12.2 Å². The number of esters is 1. The predicted octanol–water partition coefficient (Wildman–Crippen LogP) is 1.80. The molecule has 32 heavy (non-hydrogen) atoms. The molecule has 0 saturated carbocycles. The Morgan fingerprint density at radius 3 is 2.69 bits per heavy atom. The first-order valence-corrected chi connectivity index (χ1v) is 10.7. The minimum absolute atomic E-state index is 0.154. The summed E-state index contributed by atoms with van der Waals surface area (Å²) in [5.74, 6) is -0.178. The first-order valence-electron chi connectivity index (χ1n) is 10.7. The van der Waals surface area contributed by atoms with Crippen LogP contribution in [0.25, 0.3) is 16.8 Å². The van der Waals surface area contributed by atoms with Crippen LogP contribution in [0.3, 0.4) is 0 Å². The first-order chi connectivity index (χ1) is 15.5. The van der Waals surface area contributed by atoms with Gasteiger partial charge in [0, 0.05) is 25.5 Å². The molecule has 0 aromatic carbocycles. The fraction of sp³-hybridized carbons (Fsp3) is 0.429. The van der Waals surface area contributed by atoms with Crippen LogP contribution in [-0.4, -0.2) is 39.7 Å². The van der Waals surface area contributed by atoms with E-state index in [1.165, 1.54) is 9.08 Å². The van der Waals surface area contributed by atoms with Crippen molar-refractivity contribution in [1.29, 1.82) is 0 Å². The van der Waals surface area contributed by atoms with Crippen LogP contribution in [0.1, 0.15) is 55.0 Å². The van der Waals surface area contributed by atoms with Crippen molar-refractivity contribution in [3.8, 4) is 0 Å². The van der Waals surface area contributed by atoms with E-state index in [0.29, 0.717) is 41.4 Å². The molecule has 0 amide bonds. The lowest BCUT2D eigenvalue weighted by atomic mass is 10.2. The van der Waals surface area contributed by atoms with Crippen LogP contribution in [0, 0.1) is 6.92 Å². The van der Waals surface area contributed by atoms with Gasteiger partial charge in [-0.3, -0.25) is 14.3 Å². The average Bonchev–Trinajstić information content (AvgIpc) is 3.29. The van der Waals surface area contributed by atoms with Crippen LogP contribution in [0.5, 0.6) is 0 Å². The number of H-pyrrole nitrogens is 1. The number of ether oxygens (including phenoxy) is 1. The van der Waals surface area contributed by atoms with Crippen molar-refractivity contribution in [3.05, 3.63) is 56.4 Å². The van der Waals surface area contributed by atoms with Crippen LogP contribution in [0.4, 0.5) is 0 Å². The molecule has 0 aliphatic rings. The fourth-order valence-corrected chi connectivity index (χ4v) is 3.75. The smallest absolute Gasteiger partial charge is 0.344 e. The summed E-state index contributed by atoms with van der Waals surface area (Å²) >= 11 is 0. The molecule has 4 rings (SSSR count). The maximum Gasteiger partial charge on any atom is 0.344 e. The number of aryl methyl sites for hydroxylation is 3. The molecule has 4 aromatic rings. The SMILES string of the molecule is CCCCn1c(=O)[nH]c(=O)c2c1nc(COC(=O)c1c(C)nn3cccnc13)n2CCC. The van der Waals surface area contributed by atoms with E-state index >= 15 is 0 Å². The number of nitrogens with one attached hydrogen (secondary N) is 1. The molecular formula is C21H25N7O4. The number of imidazole rings is 1. The van der Waals surface area contributed by atoms with Gasteiger partial charge in [0.25, 0.3) is 5.56 Å². The number of carbonyl (C=O) groups excluding carboxylic acids is 1. The van der Waals surface area contributed by atoms with E-state index in [9.17, 15) is 14.4 Å². The molecular weight excluding hydrogens is 414 g/mol. The highest BCUT2D eigenvalue weighted by molar-refractivity contribution is 5.97. The third-order valence-corrected chi connectivity index (χ3v) is 5.25. The monoisotopic (exact) mass is 439 g/mol. The number of unbranched alkanes of at least 4 members (excludes halogenated alkanes) is 1. The minimum Gasteiger partial charge on any atom is -0.454 e. The molecule has 0 bridgehead atoms. The Kier molecular flexibility index (Phi) is 5.89. The van der Waals surface area contributed by atoms with Gasteiger partial charge < -0.3 is 9.30 Å². The third-order valence-electron chi connectivity index (χ3n) is 5.25. The summed E-state index contributed by atoms with van der Waals surface area (Å²) < 4.78 is 10.3. The van der Waals surface area contributed by atoms with Crippen molar-refractivity contribution < 1.29 is 9.53 Å². The number of hydrogen-bond donors (Lipinski definition) is 1. The molecule has 11 nitrogen and oxygen atoms in total. The van der Waals surface area contributed by atoms with E-state index in [2.05, 4.69) is 20.1 Å². The first kappa shape index (κ1) is 21.5. The average molecular weight is 439 g/mol. The van der Waals surface area contributed by atoms with E-state index in [4.69, 9.17) is 4.74 Å². The molecule has 0 spiro atoms. The van der Waals surface area contributed by atoms with Crippen molar-refractivity contribution in [2.75, 3.05) is 0 Å². The highest BCUT2D eigenvalue weighted by Crippen LogP contribution is 2.17. The molecule has 0 saturated heterocycles. The zero-order valence-corrected chi connectivity index (χ0v) is 18.3. The summed E-state index contributed by atoms with van der Waals surface area (Å²) in [6.45, 7) is 6.48. The van der Waals surface area contributed by atoms with Gasteiger partial charge in [-0.15, -0.1) is 0 Å². The highest BCUT2D eigenvalue weighted by Gasteiger charge is 2.22. The Hall–Kier alpha value is -3.76. The van der Waals surface area contributed by atoms with E-state index in [1.807, 2.05) is 13.8 Å². The van der Waals surface area contributed by atoms with Gasteiger partial charge >= 0.3 is 11.7 Å². The number of aromatic nitrogens is 7. The Morgan fingerprint density at radius 1 is 1.12 bits per heavy atom. The standard InChI is InChI=1S/C21H25N7O4/c1-4-6-10-27-18-16(19(29)24-21(27)31)26(9-5-2)14(23-18)12-32-20(30)15-13(3)25-28-11-7-8-22-17(15)28/h7-8,11H,4-6,9-10,12H2,1-3H3,(H,24,29,31). The molecule has 4 aromatic heterocycles. The number of nitrogens with zero attached hydrogens (tertiary/aromatic N) is 6. The van der Waals surface area contributed by atoms with Gasteiger partial charge in [-0.05, 0) is 25.8 Å². The lowest BCUT2D eigenvalue weighted by Gasteiger charge is -2.08. The topological polar surface area (TPSA) is 129 Å². The Bertz CT molecular complexity index is 1410. The van der Waals surface area contributed by atoms with Crippen molar-refractivity contribution in [2.45, 2.75) is 59.7 Å². The summed E-state index contributed by atoms with van der Waals surface area (Å²) in [6, 6.07) is 1.72. The normalized spacial score (nSPS) is 11.5. The Morgan fingerprint density at radius 2 is 1.94 bits per heavy atom. The highest BCUT2D eigenvalue weighted by atomic mass is 16.5. The molecule has 11 heteroatoms. The molecule has 1 N–H and O–H groups in total. The zero-order valence-electron chi connectivity index (χ0n) is 18.3. The molecule has 0 aliphatic heterocycles. The Balaban J connectivity index is 1.72. The summed E-state index contributed by atoms with van der Waals surface area (Å²) in [5.41, 5.74) is 0.805. The number of aromatic amines is 1. The van der Waals surface area contributed by atoms with Crippen molar-refractivity contribution in [1.82, 2.24) is 33.7 Å². The van der Waals surface area contributed by atoms with Gasteiger partial charge in [-0.1, -0.05) is 20.3 Å². The van der Waals surface area contributed by atoms with Crippen LogP contribution >= 0.6 is 0 Å². The van der Waals surface area contributed by atoms with Gasteiger partial charge in [0.2, 0.25) is 0 Å². The summed E-state index contributed by atoms with van der Waals surface area (Å²) in [7, 11) is 0. The van der Waals surface area contributed by atoms with E-state index in [0.717, 1.165) is 19.3 Å². The second kappa shape index (κ2) is 8.77. The summed E-state index contributed by atoms with van der Waals surface area (Å²) in [6.07, 6.45) is 5.68. The lowest BCUT2D eigenvalue weighted by molar-refractivity contribution is 0.0459. The quantitative estimate of drug-likeness (QED) is 0.414. The number of rotatable bonds is 8. The van der Waals surface area contributed by atoms with E-state index in [1.54, 1.807) is 30.0 Å². The summed E-state index contributed by atoms with van der Waals surface area (Å²) in [5, 5.41) is 4.28. The van der Waals surface area contributed by atoms with E-state index < -0.39 is 17.2 Å². The van der Waals surface area contributed by atoms with Crippen LogP contribution in [-0.2, 0) is 24.4 Å². The number of carbonyl (C=O) groups is 1. The predicted molar refractivity (Wildman–Crippen MR) is 117 cm³/mol. The molecule has 0 unspecified atom stereocenters. The number of hydrogen-bond acceptors (Lipinski definition) is 7. The lowest BCUT2D eigenvalue weighted by Crippen LogP contribution is -2.31. The summed E-state index contributed by atoms with van der Waals surface area (Å²) in [4.78, 5) is 49.0. The van der Waals surface area contributed by atoms with Crippen molar-refractivity contribution >= 4 is 22.8 Å². The maximum absolute atomic E-state index is 12.9.